The van der Waals surface area contributed by atoms with E-state index in [1.807, 2.05) is 19.2 Å². The van der Waals surface area contributed by atoms with Gasteiger partial charge >= 0.3 is 0 Å². The second-order valence-corrected chi connectivity index (χ2v) is 3.74. The summed E-state index contributed by atoms with van der Waals surface area (Å²) in [5.74, 6) is 0.895. The quantitative estimate of drug-likeness (QED) is 0.636. The van der Waals surface area contributed by atoms with E-state index >= 15 is 0 Å². The van der Waals surface area contributed by atoms with Crippen LogP contribution in [-0.2, 0) is 0 Å². The molecule has 1 heterocycles. The van der Waals surface area contributed by atoms with E-state index in [-0.39, 0.29) is 0 Å². The number of fused-ring (bicyclic) bond motifs is 1. The fourth-order valence-electron chi connectivity index (χ4n) is 1.97. The van der Waals surface area contributed by atoms with Crippen LogP contribution in [0, 0.1) is 0 Å². The van der Waals surface area contributed by atoms with Gasteiger partial charge in [-0.3, -0.25) is 0 Å². The molecule has 0 aromatic heterocycles. The molecule has 1 unspecified atom stereocenters. The molecular weight excluding hydrogens is 176 g/mol. The van der Waals surface area contributed by atoms with Crippen LogP contribution in [0.15, 0.2) is 18.2 Å². The maximum absolute atomic E-state index is 9.40. The normalized spacial score (nSPS) is 19.1. The van der Waals surface area contributed by atoms with Crippen LogP contribution in [0.2, 0.25) is 0 Å². The highest BCUT2D eigenvalue weighted by molar-refractivity contribution is 5.59. The first-order valence-electron chi connectivity index (χ1n) is 5.02. The first kappa shape index (κ1) is 9.34. The summed E-state index contributed by atoms with van der Waals surface area (Å²) in [6, 6.07) is 5.55. The van der Waals surface area contributed by atoms with Gasteiger partial charge in [-0.25, -0.2) is 0 Å². The highest BCUT2D eigenvalue weighted by Crippen LogP contribution is 2.35. The Morgan fingerprint density at radius 2 is 2.43 bits per heavy atom. The van der Waals surface area contributed by atoms with E-state index in [1.54, 1.807) is 6.07 Å². The smallest absolute Gasteiger partial charge is 0.116 e. The number of nitrogens with one attached hydrogen (secondary N) is 2. The van der Waals surface area contributed by atoms with Gasteiger partial charge in [0.05, 0.1) is 0 Å². The van der Waals surface area contributed by atoms with Gasteiger partial charge in [0, 0.05) is 18.2 Å². The summed E-state index contributed by atoms with van der Waals surface area (Å²) >= 11 is 0. The summed E-state index contributed by atoms with van der Waals surface area (Å²) in [5, 5.41) is 15.9. The third-order valence-electron chi connectivity index (χ3n) is 2.76. The van der Waals surface area contributed by atoms with Crippen molar-refractivity contribution in [2.45, 2.75) is 12.3 Å². The fourth-order valence-corrected chi connectivity index (χ4v) is 1.97. The number of hydrogen-bond donors (Lipinski definition) is 3. The van der Waals surface area contributed by atoms with E-state index in [0.717, 1.165) is 19.5 Å². The fraction of sp³-hybridized carbons (Fsp3) is 0.455. The Morgan fingerprint density at radius 1 is 1.57 bits per heavy atom. The summed E-state index contributed by atoms with van der Waals surface area (Å²) in [7, 11) is 1.96. The molecule has 0 radical (unpaired) electrons. The van der Waals surface area contributed by atoms with Gasteiger partial charge in [0.1, 0.15) is 5.75 Å². The number of phenols is 1. The molecule has 2 rings (SSSR count). The van der Waals surface area contributed by atoms with Crippen molar-refractivity contribution in [3.8, 4) is 5.75 Å². The van der Waals surface area contributed by atoms with Crippen LogP contribution in [0.3, 0.4) is 0 Å². The lowest BCUT2D eigenvalue weighted by molar-refractivity contribution is 0.474. The van der Waals surface area contributed by atoms with Crippen LogP contribution < -0.4 is 10.6 Å². The molecule has 3 nitrogen and oxygen atoms in total. The highest BCUT2D eigenvalue weighted by atomic mass is 16.3. The molecule has 0 amide bonds. The minimum Gasteiger partial charge on any atom is -0.508 e. The molecular formula is C11H16N2O. The summed E-state index contributed by atoms with van der Waals surface area (Å²) in [4.78, 5) is 0. The van der Waals surface area contributed by atoms with E-state index < -0.39 is 0 Å². The molecule has 0 saturated carbocycles. The average molecular weight is 192 g/mol. The third kappa shape index (κ3) is 1.68. The number of rotatable bonds is 3. The molecule has 3 heteroatoms. The average Bonchev–Trinajstić information content (AvgIpc) is 2.57. The standard InChI is InChI=1S/C11H16N2O/c1-12-5-4-8-7-13-11-3-2-9(14)6-10(8)11/h2-3,6,8,12-14H,4-5,7H2,1H3. The number of hydrogen-bond acceptors (Lipinski definition) is 3. The number of phenolic OH excluding ortho intramolecular Hbond substituents is 1. The van der Waals surface area contributed by atoms with Crippen molar-refractivity contribution in [1.29, 1.82) is 0 Å². The SMILES string of the molecule is CNCCC1CNc2ccc(O)cc21. The van der Waals surface area contributed by atoms with Gasteiger partial charge in [-0.15, -0.1) is 0 Å². The van der Waals surface area contributed by atoms with Gasteiger partial charge in [-0.1, -0.05) is 0 Å². The number of anilines is 1. The van der Waals surface area contributed by atoms with Gasteiger partial charge in [-0.05, 0) is 43.8 Å². The van der Waals surface area contributed by atoms with Crippen LogP contribution >= 0.6 is 0 Å². The van der Waals surface area contributed by atoms with Crippen molar-refractivity contribution < 1.29 is 5.11 Å². The highest BCUT2D eigenvalue weighted by Gasteiger charge is 2.21. The van der Waals surface area contributed by atoms with Gasteiger partial charge in [0.2, 0.25) is 0 Å². The molecule has 76 valence electrons. The zero-order valence-electron chi connectivity index (χ0n) is 8.38. The molecule has 1 aromatic rings. The van der Waals surface area contributed by atoms with Gasteiger partial charge in [0.15, 0.2) is 0 Å². The van der Waals surface area contributed by atoms with Crippen LogP contribution in [0.4, 0.5) is 5.69 Å². The first-order valence-corrected chi connectivity index (χ1v) is 5.02. The zero-order valence-corrected chi connectivity index (χ0v) is 8.38. The maximum atomic E-state index is 9.40. The lowest BCUT2D eigenvalue weighted by Gasteiger charge is -2.09. The molecule has 1 aliphatic rings. The Kier molecular flexibility index (Phi) is 2.59. The molecule has 1 atom stereocenters. The van der Waals surface area contributed by atoms with Crippen molar-refractivity contribution in [3.05, 3.63) is 23.8 Å². The van der Waals surface area contributed by atoms with Gasteiger partial charge in [0.25, 0.3) is 0 Å². The number of aromatic hydroxyl groups is 1. The second kappa shape index (κ2) is 3.88. The number of benzene rings is 1. The summed E-state index contributed by atoms with van der Waals surface area (Å²) in [6.45, 7) is 2.00. The molecule has 14 heavy (non-hydrogen) atoms. The lowest BCUT2D eigenvalue weighted by Crippen LogP contribution is -2.13. The van der Waals surface area contributed by atoms with E-state index in [0.29, 0.717) is 11.7 Å². The summed E-state index contributed by atoms with van der Waals surface area (Å²) < 4.78 is 0. The Hall–Kier alpha value is -1.22. The summed E-state index contributed by atoms with van der Waals surface area (Å²) in [6.07, 6.45) is 1.11. The Bertz CT molecular complexity index is 325. The largest absolute Gasteiger partial charge is 0.508 e. The second-order valence-electron chi connectivity index (χ2n) is 3.74. The molecule has 0 bridgehead atoms. The maximum Gasteiger partial charge on any atom is 0.116 e. The molecule has 3 N–H and O–H groups in total. The van der Waals surface area contributed by atoms with Crippen molar-refractivity contribution in [2.75, 3.05) is 25.5 Å². The molecule has 1 aliphatic heterocycles. The van der Waals surface area contributed by atoms with E-state index in [9.17, 15) is 5.11 Å². The van der Waals surface area contributed by atoms with Gasteiger partial charge < -0.3 is 15.7 Å². The Labute approximate surface area is 84.1 Å². The predicted octanol–water partition coefficient (Wildman–Crippen LogP) is 1.51. The lowest BCUT2D eigenvalue weighted by atomic mass is 9.98. The minimum atomic E-state index is 0.363. The predicted molar refractivity (Wildman–Crippen MR) is 57.9 cm³/mol. The Balaban J connectivity index is 2.16. The third-order valence-corrected chi connectivity index (χ3v) is 2.76. The molecule has 0 spiro atoms. The van der Waals surface area contributed by atoms with Crippen LogP contribution in [0.5, 0.6) is 5.75 Å². The topological polar surface area (TPSA) is 44.3 Å². The monoisotopic (exact) mass is 192 g/mol. The van der Waals surface area contributed by atoms with E-state index in [2.05, 4.69) is 10.6 Å². The van der Waals surface area contributed by atoms with Crippen molar-refractivity contribution >= 4 is 5.69 Å². The molecule has 0 aliphatic carbocycles. The van der Waals surface area contributed by atoms with Crippen molar-refractivity contribution in [1.82, 2.24) is 5.32 Å². The van der Waals surface area contributed by atoms with E-state index in [1.165, 1.54) is 11.3 Å². The Morgan fingerprint density at radius 3 is 3.21 bits per heavy atom. The zero-order chi connectivity index (χ0) is 9.97. The van der Waals surface area contributed by atoms with Gasteiger partial charge in [-0.2, -0.15) is 0 Å². The molecule has 0 fully saturated rings. The van der Waals surface area contributed by atoms with Crippen LogP contribution in [-0.4, -0.2) is 25.2 Å². The van der Waals surface area contributed by atoms with Crippen molar-refractivity contribution in [2.24, 2.45) is 0 Å². The molecule has 1 aromatic carbocycles. The minimum absolute atomic E-state index is 0.363. The van der Waals surface area contributed by atoms with Crippen LogP contribution in [0.1, 0.15) is 17.9 Å². The molecule has 0 saturated heterocycles. The van der Waals surface area contributed by atoms with Crippen LogP contribution in [0.25, 0.3) is 0 Å². The summed E-state index contributed by atoms with van der Waals surface area (Å²) in [5.41, 5.74) is 2.42. The first-order chi connectivity index (χ1) is 6.81. The van der Waals surface area contributed by atoms with E-state index in [4.69, 9.17) is 0 Å². The van der Waals surface area contributed by atoms with Crippen molar-refractivity contribution in [3.63, 3.8) is 0 Å².